The van der Waals surface area contributed by atoms with Crippen LogP contribution in [-0.4, -0.2) is 41.9 Å². The number of rotatable bonds is 5. The van der Waals surface area contributed by atoms with E-state index < -0.39 is 0 Å². The average Bonchev–Trinajstić information content (AvgIpc) is 2.90. The zero-order valence-electron chi connectivity index (χ0n) is 13.6. The molecule has 0 unspecified atom stereocenters. The molecule has 1 aliphatic rings. The Morgan fingerprint density at radius 1 is 1.48 bits per heavy atom. The monoisotopic (exact) mass is 317 g/mol. The molecule has 6 heteroatoms. The van der Waals surface area contributed by atoms with E-state index in [1.54, 1.807) is 7.11 Å². The Balaban J connectivity index is 1.84. The first-order valence-corrected chi connectivity index (χ1v) is 8.07. The number of aromatic nitrogens is 2. The number of ether oxygens (including phenoxy) is 2. The van der Waals surface area contributed by atoms with Gasteiger partial charge in [-0.1, -0.05) is 12.1 Å². The number of para-hydroxylation sites is 2. The molecule has 1 amide bonds. The molecule has 6 nitrogen and oxygen atoms in total. The predicted molar refractivity (Wildman–Crippen MR) is 88.4 cm³/mol. The van der Waals surface area contributed by atoms with Gasteiger partial charge in [0, 0.05) is 20.3 Å². The van der Waals surface area contributed by atoms with E-state index in [1.807, 2.05) is 35.8 Å². The number of hydrogen-bond acceptors (Lipinski definition) is 4. The smallest absolute Gasteiger partial charge is 0.232 e. The van der Waals surface area contributed by atoms with Crippen molar-refractivity contribution in [2.75, 3.05) is 25.6 Å². The fourth-order valence-electron chi connectivity index (χ4n) is 3.05. The summed E-state index contributed by atoms with van der Waals surface area (Å²) in [5.74, 6) is 0.427. The largest absolute Gasteiger partial charge is 0.383 e. The van der Waals surface area contributed by atoms with Crippen LogP contribution in [0.5, 0.6) is 0 Å². The van der Waals surface area contributed by atoms with Crippen LogP contribution in [0.3, 0.4) is 0 Å². The number of imidazole rings is 1. The van der Waals surface area contributed by atoms with Gasteiger partial charge < -0.3 is 14.0 Å². The Kier molecular flexibility index (Phi) is 4.93. The number of benzene rings is 1. The van der Waals surface area contributed by atoms with Crippen LogP contribution in [-0.2, 0) is 20.8 Å². The Labute approximate surface area is 135 Å². The van der Waals surface area contributed by atoms with Crippen LogP contribution in [0.1, 0.15) is 19.8 Å². The van der Waals surface area contributed by atoms with Gasteiger partial charge in [0.15, 0.2) is 0 Å². The summed E-state index contributed by atoms with van der Waals surface area (Å²) in [6.45, 7) is 3.89. The summed E-state index contributed by atoms with van der Waals surface area (Å²) in [5.41, 5.74) is 1.86. The Morgan fingerprint density at radius 3 is 3.09 bits per heavy atom. The fourth-order valence-corrected chi connectivity index (χ4v) is 3.05. The maximum absolute atomic E-state index is 12.6. The normalized spacial score (nSPS) is 21.5. The predicted octanol–water partition coefficient (Wildman–Crippen LogP) is 2.44. The third-order valence-corrected chi connectivity index (χ3v) is 4.35. The number of anilines is 1. The van der Waals surface area contributed by atoms with Gasteiger partial charge in [0.1, 0.15) is 0 Å². The number of methoxy groups -OCH3 is 1. The summed E-state index contributed by atoms with van der Waals surface area (Å²) in [5, 5.41) is 2.99. The third kappa shape index (κ3) is 3.38. The van der Waals surface area contributed by atoms with Gasteiger partial charge in [-0.15, -0.1) is 0 Å². The average molecular weight is 317 g/mol. The van der Waals surface area contributed by atoms with E-state index in [0.29, 0.717) is 19.1 Å². The van der Waals surface area contributed by atoms with E-state index in [0.717, 1.165) is 30.5 Å². The van der Waals surface area contributed by atoms with Crippen molar-refractivity contribution in [2.45, 2.75) is 32.4 Å². The molecular weight excluding hydrogens is 294 g/mol. The van der Waals surface area contributed by atoms with Gasteiger partial charge in [-0.2, -0.15) is 0 Å². The van der Waals surface area contributed by atoms with E-state index >= 15 is 0 Å². The highest BCUT2D eigenvalue weighted by Gasteiger charge is 2.29. The maximum Gasteiger partial charge on any atom is 0.232 e. The molecule has 0 aliphatic carbocycles. The molecule has 0 radical (unpaired) electrons. The molecule has 0 spiro atoms. The van der Waals surface area contributed by atoms with Crippen LogP contribution in [0.4, 0.5) is 5.95 Å². The molecule has 0 saturated carbocycles. The zero-order chi connectivity index (χ0) is 16.2. The molecule has 3 rings (SSSR count). The van der Waals surface area contributed by atoms with Crippen molar-refractivity contribution in [3.8, 4) is 0 Å². The van der Waals surface area contributed by atoms with Crippen LogP contribution in [0.2, 0.25) is 0 Å². The number of nitrogens with one attached hydrogen (secondary N) is 1. The van der Waals surface area contributed by atoms with Gasteiger partial charge >= 0.3 is 0 Å². The molecule has 124 valence electrons. The zero-order valence-corrected chi connectivity index (χ0v) is 13.6. The van der Waals surface area contributed by atoms with Crippen molar-refractivity contribution in [1.82, 2.24) is 9.55 Å². The molecular formula is C17H23N3O3. The van der Waals surface area contributed by atoms with Gasteiger partial charge in [-0.3, -0.25) is 10.1 Å². The Morgan fingerprint density at radius 2 is 2.30 bits per heavy atom. The molecule has 2 atom stereocenters. The van der Waals surface area contributed by atoms with E-state index in [4.69, 9.17) is 9.47 Å². The molecule has 0 bridgehead atoms. The van der Waals surface area contributed by atoms with Gasteiger partial charge in [-0.05, 0) is 31.9 Å². The standard InChI is InChI=1S/C17H23N3O3/c1-12-13(6-5-10-23-12)16(21)19-17-18-14-7-3-4-8-15(14)20(17)9-11-22-2/h3-4,7-8,12-13H,5-6,9-11H2,1-2H3,(H,18,19,21)/t12-,13+/m1/s1. The Hall–Kier alpha value is -1.92. The lowest BCUT2D eigenvalue weighted by Crippen LogP contribution is -2.37. The molecule has 1 N–H and O–H groups in total. The minimum absolute atomic E-state index is 0.0221. The topological polar surface area (TPSA) is 65.4 Å². The lowest BCUT2D eigenvalue weighted by molar-refractivity contribution is -0.127. The minimum Gasteiger partial charge on any atom is -0.383 e. The summed E-state index contributed by atoms with van der Waals surface area (Å²) >= 11 is 0. The molecule has 1 aliphatic heterocycles. The van der Waals surface area contributed by atoms with Crippen molar-refractivity contribution in [3.63, 3.8) is 0 Å². The molecule has 1 saturated heterocycles. The SMILES string of the molecule is COCCn1c(NC(=O)[C@H]2CCCO[C@@H]2C)nc2ccccc21. The number of amides is 1. The van der Waals surface area contributed by atoms with Crippen molar-refractivity contribution < 1.29 is 14.3 Å². The van der Waals surface area contributed by atoms with Gasteiger partial charge in [0.05, 0.1) is 29.7 Å². The highest BCUT2D eigenvalue weighted by atomic mass is 16.5. The first-order valence-electron chi connectivity index (χ1n) is 8.07. The second-order valence-electron chi connectivity index (χ2n) is 5.88. The van der Waals surface area contributed by atoms with E-state index in [2.05, 4.69) is 10.3 Å². The van der Waals surface area contributed by atoms with Crippen LogP contribution in [0, 0.1) is 5.92 Å². The molecule has 2 aromatic rings. The van der Waals surface area contributed by atoms with Crippen molar-refractivity contribution in [1.29, 1.82) is 0 Å². The molecule has 1 aromatic heterocycles. The first-order chi connectivity index (χ1) is 11.2. The summed E-state index contributed by atoms with van der Waals surface area (Å²) in [7, 11) is 1.67. The first kappa shape index (κ1) is 16.0. The number of hydrogen-bond donors (Lipinski definition) is 1. The van der Waals surface area contributed by atoms with Crippen molar-refractivity contribution in [3.05, 3.63) is 24.3 Å². The van der Waals surface area contributed by atoms with E-state index in [-0.39, 0.29) is 17.9 Å². The summed E-state index contributed by atoms with van der Waals surface area (Å²) in [6, 6.07) is 7.86. The van der Waals surface area contributed by atoms with Crippen LogP contribution in [0.25, 0.3) is 11.0 Å². The molecule has 1 aromatic carbocycles. The second-order valence-corrected chi connectivity index (χ2v) is 5.88. The maximum atomic E-state index is 12.6. The number of carbonyl (C=O) groups is 1. The van der Waals surface area contributed by atoms with Gasteiger partial charge in [-0.25, -0.2) is 4.98 Å². The van der Waals surface area contributed by atoms with Crippen molar-refractivity contribution in [2.24, 2.45) is 5.92 Å². The van der Waals surface area contributed by atoms with Crippen molar-refractivity contribution >= 4 is 22.9 Å². The summed E-state index contributed by atoms with van der Waals surface area (Å²) in [6.07, 6.45) is 1.72. The molecule has 23 heavy (non-hydrogen) atoms. The Bertz CT molecular complexity index is 683. The molecule has 2 heterocycles. The lowest BCUT2D eigenvalue weighted by atomic mass is 9.94. The highest BCUT2D eigenvalue weighted by Crippen LogP contribution is 2.24. The second kappa shape index (κ2) is 7.10. The number of nitrogens with zero attached hydrogens (tertiary/aromatic N) is 2. The summed E-state index contributed by atoms with van der Waals surface area (Å²) in [4.78, 5) is 17.2. The van der Waals surface area contributed by atoms with E-state index in [9.17, 15) is 4.79 Å². The van der Waals surface area contributed by atoms with Crippen LogP contribution >= 0.6 is 0 Å². The van der Waals surface area contributed by atoms with E-state index in [1.165, 1.54) is 0 Å². The van der Waals surface area contributed by atoms with Crippen LogP contribution < -0.4 is 5.32 Å². The fraction of sp³-hybridized carbons (Fsp3) is 0.529. The lowest BCUT2D eigenvalue weighted by Gasteiger charge is -2.27. The summed E-state index contributed by atoms with van der Waals surface area (Å²) < 4.78 is 12.8. The molecule has 1 fully saturated rings. The number of fused-ring (bicyclic) bond motifs is 1. The highest BCUT2D eigenvalue weighted by molar-refractivity contribution is 5.93. The van der Waals surface area contributed by atoms with Gasteiger partial charge in [0.25, 0.3) is 0 Å². The number of carbonyl (C=O) groups excluding carboxylic acids is 1. The minimum atomic E-state index is -0.126. The quantitative estimate of drug-likeness (QED) is 0.920. The van der Waals surface area contributed by atoms with Gasteiger partial charge in [0.2, 0.25) is 11.9 Å². The third-order valence-electron chi connectivity index (χ3n) is 4.35. The van der Waals surface area contributed by atoms with Crippen LogP contribution in [0.15, 0.2) is 24.3 Å².